The summed E-state index contributed by atoms with van der Waals surface area (Å²) in [4.78, 5) is 11.9. The first-order valence-corrected chi connectivity index (χ1v) is 6.95. The predicted octanol–water partition coefficient (Wildman–Crippen LogP) is 3.76. The van der Waals surface area contributed by atoms with Crippen molar-refractivity contribution in [3.8, 4) is 11.8 Å². The van der Waals surface area contributed by atoms with Gasteiger partial charge in [-0.2, -0.15) is 5.26 Å². The van der Waals surface area contributed by atoms with E-state index in [9.17, 15) is 4.79 Å². The number of nitrogens with zero attached hydrogens (tertiary/aromatic N) is 1. The number of hydrogen-bond acceptors (Lipinski definition) is 3. The summed E-state index contributed by atoms with van der Waals surface area (Å²) in [6.07, 6.45) is -0.546. The Balaban J connectivity index is 1.91. The lowest BCUT2D eigenvalue weighted by atomic mass is 10.2. The van der Waals surface area contributed by atoms with E-state index in [2.05, 4.69) is 10.6 Å². The molecule has 112 valence electrons. The zero-order chi connectivity index (χ0) is 15.9. The number of ether oxygens (including phenoxy) is 1. The Hall–Kier alpha value is -2.71. The van der Waals surface area contributed by atoms with Gasteiger partial charge in [-0.15, -0.1) is 0 Å². The minimum absolute atomic E-state index is 0.393. The number of benzene rings is 2. The quantitative estimate of drug-likeness (QED) is 0.844. The Kier molecular flexibility index (Phi) is 5.23. The highest BCUT2D eigenvalue weighted by atomic mass is 35.5. The molecule has 0 heterocycles. The van der Waals surface area contributed by atoms with Crippen LogP contribution in [0.4, 0.5) is 10.5 Å². The Morgan fingerprint density at radius 1 is 1.23 bits per heavy atom. The molecule has 0 aliphatic rings. The first kappa shape index (κ1) is 15.7. The third kappa shape index (κ3) is 4.40. The van der Waals surface area contributed by atoms with Crippen molar-refractivity contribution in [1.29, 1.82) is 5.26 Å². The number of urea groups is 1. The van der Waals surface area contributed by atoms with E-state index >= 15 is 0 Å². The summed E-state index contributed by atoms with van der Waals surface area (Å²) >= 11 is 5.79. The van der Waals surface area contributed by atoms with Crippen LogP contribution in [-0.2, 0) is 0 Å². The molecule has 0 aromatic heterocycles. The van der Waals surface area contributed by atoms with E-state index in [4.69, 9.17) is 21.6 Å². The molecule has 0 saturated carbocycles. The van der Waals surface area contributed by atoms with Crippen LogP contribution < -0.4 is 15.4 Å². The zero-order valence-corrected chi connectivity index (χ0v) is 12.6. The largest absolute Gasteiger partial charge is 0.471 e. The first-order chi connectivity index (χ1) is 10.6. The highest BCUT2D eigenvalue weighted by molar-refractivity contribution is 6.30. The van der Waals surface area contributed by atoms with Crippen molar-refractivity contribution >= 4 is 23.3 Å². The summed E-state index contributed by atoms with van der Waals surface area (Å²) in [5.74, 6) is 0.592. The molecular formula is C16H14ClN3O2. The molecule has 0 aliphatic heterocycles. The van der Waals surface area contributed by atoms with Gasteiger partial charge in [-0.1, -0.05) is 23.7 Å². The normalized spacial score (nSPS) is 11.1. The van der Waals surface area contributed by atoms with Gasteiger partial charge < -0.3 is 15.4 Å². The summed E-state index contributed by atoms with van der Waals surface area (Å²) in [7, 11) is 0. The molecule has 2 N–H and O–H groups in total. The second-order valence-corrected chi connectivity index (χ2v) is 4.91. The van der Waals surface area contributed by atoms with Crippen LogP contribution in [0, 0.1) is 11.3 Å². The van der Waals surface area contributed by atoms with Gasteiger partial charge in [-0.05, 0) is 43.3 Å². The maximum Gasteiger partial charge on any atom is 0.322 e. The maximum atomic E-state index is 11.9. The van der Waals surface area contributed by atoms with Gasteiger partial charge >= 0.3 is 6.03 Å². The Labute approximate surface area is 133 Å². The van der Waals surface area contributed by atoms with Gasteiger partial charge in [0.1, 0.15) is 11.8 Å². The minimum Gasteiger partial charge on any atom is -0.471 e. The molecule has 22 heavy (non-hydrogen) atoms. The number of amides is 2. The van der Waals surface area contributed by atoms with Crippen molar-refractivity contribution < 1.29 is 9.53 Å². The van der Waals surface area contributed by atoms with Crippen LogP contribution in [0.25, 0.3) is 0 Å². The molecule has 2 rings (SSSR count). The first-order valence-electron chi connectivity index (χ1n) is 6.57. The number of nitrogens with one attached hydrogen (secondary N) is 2. The molecule has 1 unspecified atom stereocenters. The molecule has 0 bridgehead atoms. The highest BCUT2D eigenvalue weighted by Gasteiger charge is 2.10. The van der Waals surface area contributed by atoms with E-state index < -0.39 is 12.3 Å². The second-order valence-electron chi connectivity index (χ2n) is 4.47. The van der Waals surface area contributed by atoms with Crippen molar-refractivity contribution in [2.24, 2.45) is 0 Å². The highest BCUT2D eigenvalue weighted by Crippen LogP contribution is 2.16. The summed E-state index contributed by atoms with van der Waals surface area (Å²) in [6, 6.07) is 15.1. The van der Waals surface area contributed by atoms with Crippen LogP contribution >= 0.6 is 11.6 Å². The molecule has 2 aromatic carbocycles. The maximum absolute atomic E-state index is 11.9. The average molecular weight is 316 g/mol. The topological polar surface area (TPSA) is 74.2 Å². The Morgan fingerprint density at radius 3 is 2.59 bits per heavy atom. The van der Waals surface area contributed by atoms with E-state index in [0.717, 1.165) is 0 Å². The molecule has 5 nitrogen and oxygen atoms in total. The number of hydrogen-bond donors (Lipinski definition) is 2. The molecule has 0 fully saturated rings. The lowest BCUT2D eigenvalue weighted by molar-refractivity contribution is 0.183. The van der Waals surface area contributed by atoms with Crippen LogP contribution in [0.3, 0.4) is 0 Å². The summed E-state index contributed by atoms with van der Waals surface area (Å²) < 4.78 is 5.54. The van der Waals surface area contributed by atoms with E-state index in [1.807, 2.05) is 6.07 Å². The lowest BCUT2D eigenvalue weighted by Gasteiger charge is -2.17. The third-order valence-electron chi connectivity index (χ3n) is 2.76. The van der Waals surface area contributed by atoms with E-state index in [1.165, 1.54) is 0 Å². The number of carbonyl (C=O) groups excluding carboxylic acids is 1. The van der Waals surface area contributed by atoms with Crippen LogP contribution in [-0.4, -0.2) is 12.3 Å². The van der Waals surface area contributed by atoms with Crippen molar-refractivity contribution in [1.82, 2.24) is 5.32 Å². The van der Waals surface area contributed by atoms with Crippen molar-refractivity contribution in [3.05, 3.63) is 59.1 Å². The number of rotatable bonds is 4. The monoisotopic (exact) mass is 315 g/mol. The SMILES string of the molecule is CC(NC(=O)Nc1ccccc1C#N)Oc1ccc(Cl)cc1. The molecule has 0 radical (unpaired) electrons. The van der Waals surface area contributed by atoms with E-state index in [-0.39, 0.29) is 0 Å². The number of nitriles is 1. The lowest BCUT2D eigenvalue weighted by Crippen LogP contribution is -2.39. The zero-order valence-electron chi connectivity index (χ0n) is 11.8. The summed E-state index contributed by atoms with van der Waals surface area (Å²) in [5, 5.41) is 14.8. The molecule has 2 aromatic rings. The van der Waals surface area contributed by atoms with Crippen molar-refractivity contribution in [2.75, 3.05) is 5.32 Å². The molecule has 0 aliphatic carbocycles. The fourth-order valence-corrected chi connectivity index (χ4v) is 1.91. The van der Waals surface area contributed by atoms with Gasteiger partial charge in [0.2, 0.25) is 0 Å². The van der Waals surface area contributed by atoms with Gasteiger partial charge in [-0.3, -0.25) is 0 Å². The Morgan fingerprint density at radius 2 is 1.91 bits per heavy atom. The standard InChI is InChI=1S/C16H14ClN3O2/c1-11(22-14-8-6-13(17)7-9-14)19-16(21)20-15-5-3-2-4-12(15)10-18/h2-9,11H,1H3,(H2,19,20,21). The van der Waals surface area contributed by atoms with E-state index in [1.54, 1.807) is 55.5 Å². The fraction of sp³-hybridized carbons (Fsp3) is 0.125. The van der Waals surface area contributed by atoms with Crippen molar-refractivity contribution in [3.63, 3.8) is 0 Å². The Bertz CT molecular complexity index is 695. The number of halogens is 1. The third-order valence-corrected chi connectivity index (χ3v) is 3.01. The van der Waals surface area contributed by atoms with E-state index in [0.29, 0.717) is 22.0 Å². The van der Waals surface area contributed by atoms with Gasteiger partial charge in [0.15, 0.2) is 6.23 Å². The molecule has 0 spiro atoms. The average Bonchev–Trinajstić information content (AvgIpc) is 2.50. The number of anilines is 1. The van der Waals surface area contributed by atoms with Crippen LogP contribution in [0.1, 0.15) is 12.5 Å². The van der Waals surface area contributed by atoms with Crippen molar-refractivity contribution in [2.45, 2.75) is 13.2 Å². The molecule has 2 amide bonds. The van der Waals surface area contributed by atoms with Crippen LogP contribution in [0.2, 0.25) is 5.02 Å². The van der Waals surface area contributed by atoms with Crippen LogP contribution in [0.15, 0.2) is 48.5 Å². The molecule has 1 atom stereocenters. The second kappa shape index (κ2) is 7.34. The van der Waals surface area contributed by atoms with Gasteiger partial charge in [0.05, 0.1) is 11.3 Å². The summed E-state index contributed by atoms with van der Waals surface area (Å²) in [5.41, 5.74) is 0.838. The summed E-state index contributed by atoms with van der Waals surface area (Å²) in [6.45, 7) is 1.70. The fourth-order valence-electron chi connectivity index (χ4n) is 1.78. The smallest absolute Gasteiger partial charge is 0.322 e. The number of para-hydroxylation sites is 1. The van der Waals surface area contributed by atoms with Gasteiger partial charge in [0.25, 0.3) is 0 Å². The van der Waals surface area contributed by atoms with Gasteiger partial charge in [0, 0.05) is 5.02 Å². The predicted molar refractivity (Wildman–Crippen MR) is 84.9 cm³/mol. The molecular weight excluding hydrogens is 302 g/mol. The number of carbonyl (C=O) groups is 1. The molecule has 6 heteroatoms. The van der Waals surface area contributed by atoms with Crippen LogP contribution in [0.5, 0.6) is 5.75 Å². The molecule has 0 saturated heterocycles. The van der Waals surface area contributed by atoms with Gasteiger partial charge in [-0.25, -0.2) is 4.79 Å². The minimum atomic E-state index is -0.546.